The van der Waals surface area contributed by atoms with Crippen molar-refractivity contribution in [2.24, 2.45) is 0 Å². The summed E-state index contributed by atoms with van der Waals surface area (Å²) in [4.78, 5) is 43.7. The Kier molecular flexibility index (Phi) is 5.40. The van der Waals surface area contributed by atoms with Crippen LogP contribution in [0.2, 0.25) is 5.15 Å². The lowest BCUT2D eigenvalue weighted by molar-refractivity contribution is 0.0992. The first kappa shape index (κ1) is 17.7. The Morgan fingerprint density at radius 3 is 2.79 bits per heavy atom. The molecule has 0 aliphatic rings. The van der Waals surface area contributed by atoms with Gasteiger partial charge in [-0.3, -0.25) is 19.1 Å². The van der Waals surface area contributed by atoms with Gasteiger partial charge in [0, 0.05) is 25.4 Å². The SMILES string of the molecule is CCCCn1c(N)c(N(C)C(=O)c2ccnc(Cl)c2)c(=O)[nH]c1=O. The van der Waals surface area contributed by atoms with E-state index in [9.17, 15) is 14.4 Å². The third kappa shape index (κ3) is 3.48. The fourth-order valence-electron chi connectivity index (χ4n) is 2.27. The van der Waals surface area contributed by atoms with Gasteiger partial charge in [0.2, 0.25) is 0 Å². The van der Waals surface area contributed by atoms with E-state index in [1.54, 1.807) is 0 Å². The van der Waals surface area contributed by atoms with Gasteiger partial charge in [0.25, 0.3) is 11.5 Å². The highest BCUT2D eigenvalue weighted by Gasteiger charge is 2.22. The zero-order valence-electron chi connectivity index (χ0n) is 13.4. The van der Waals surface area contributed by atoms with Crippen molar-refractivity contribution < 1.29 is 4.79 Å². The molecule has 2 aromatic heterocycles. The van der Waals surface area contributed by atoms with Crippen LogP contribution in [-0.2, 0) is 6.54 Å². The summed E-state index contributed by atoms with van der Waals surface area (Å²) >= 11 is 5.79. The number of carbonyl (C=O) groups excluding carboxylic acids is 1. The second-order valence-electron chi connectivity index (χ2n) is 5.23. The van der Waals surface area contributed by atoms with Crippen molar-refractivity contribution in [3.05, 3.63) is 49.9 Å². The first-order valence-corrected chi connectivity index (χ1v) is 7.76. The van der Waals surface area contributed by atoms with Gasteiger partial charge in [0.1, 0.15) is 11.0 Å². The molecule has 2 rings (SSSR count). The number of nitrogens with one attached hydrogen (secondary N) is 1. The number of nitrogens with zero attached hydrogens (tertiary/aromatic N) is 3. The maximum absolute atomic E-state index is 12.6. The molecule has 0 saturated carbocycles. The first-order valence-electron chi connectivity index (χ1n) is 7.39. The molecule has 2 heterocycles. The average Bonchev–Trinajstić information content (AvgIpc) is 2.53. The van der Waals surface area contributed by atoms with Crippen LogP contribution in [0.3, 0.4) is 0 Å². The van der Waals surface area contributed by atoms with E-state index in [2.05, 4.69) is 9.97 Å². The van der Waals surface area contributed by atoms with Crippen molar-refractivity contribution in [3.8, 4) is 0 Å². The monoisotopic (exact) mass is 351 g/mol. The van der Waals surface area contributed by atoms with Gasteiger partial charge in [0.05, 0.1) is 0 Å². The van der Waals surface area contributed by atoms with Crippen molar-refractivity contribution >= 4 is 29.0 Å². The topological polar surface area (TPSA) is 114 Å². The van der Waals surface area contributed by atoms with Crippen LogP contribution >= 0.6 is 11.6 Å². The summed E-state index contributed by atoms with van der Waals surface area (Å²) in [6.07, 6.45) is 2.96. The van der Waals surface area contributed by atoms with Crippen molar-refractivity contribution in [2.45, 2.75) is 26.3 Å². The molecule has 1 amide bonds. The molecule has 2 aromatic rings. The highest BCUT2D eigenvalue weighted by atomic mass is 35.5. The number of rotatable bonds is 5. The number of aromatic amines is 1. The predicted molar refractivity (Wildman–Crippen MR) is 92.6 cm³/mol. The van der Waals surface area contributed by atoms with Crippen molar-refractivity contribution in [2.75, 3.05) is 17.7 Å². The maximum Gasteiger partial charge on any atom is 0.330 e. The Morgan fingerprint density at radius 1 is 1.46 bits per heavy atom. The lowest BCUT2D eigenvalue weighted by Gasteiger charge is -2.20. The fourth-order valence-corrected chi connectivity index (χ4v) is 2.44. The van der Waals surface area contributed by atoms with E-state index in [4.69, 9.17) is 17.3 Å². The Labute approximate surface area is 142 Å². The average molecular weight is 352 g/mol. The largest absolute Gasteiger partial charge is 0.383 e. The summed E-state index contributed by atoms with van der Waals surface area (Å²) in [5, 5.41) is 0.157. The van der Waals surface area contributed by atoms with Gasteiger partial charge < -0.3 is 10.6 Å². The molecule has 8 nitrogen and oxygen atoms in total. The molecule has 0 aromatic carbocycles. The highest BCUT2D eigenvalue weighted by molar-refractivity contribution is 6.29. The Bertz CT molecular complexity index is 874. The third-order valence-corrected chi connectivity index (χ3v) is 3.77. The fraction of sp³-hybridized carbons (Fsp3) is 0.333. The quantitative estimate of drug-likeness (QED) is 0.787. The summed E-state index contributed by atoms with van der Waals surface area (Å²) in [6.45, 7) is 2.32. The number of halogens is 1. The van der Waals surface area contributed by atoms with Gasteiger partial charge in [-0.2, -0.15) is 0 Å². The predicted octanol–water partition coefficient (Wildman–Crippen LogP) is 1.24. The lowest BCUT2D eigenvalue weighted by Crippen LogP contribution is -2.39. The van der Waals surface area contributed by atoms with Gasteiger partial charge in [-0.25, -0.2) is 9.78 Å². The number of hydrogen-bond acceptors (Lipinski definition) is 5. The molecule has 0 spiro atoms. The first-order chi connectivity index (χ1) is 11.4. The molecule has 0 aliphatic carbocycles. The van der Waals surface area contributed by atoms with Crippen molar-refractivity contribution in [3.63, 3.8) is 0 Å². The van der Waals surface area contributed by atoms with E-state index in [-0.39, 0.29) is 22.2 Å². The highest BCUT2D eigenvalue weighted by Crippen LogP contribution is 2.18. The Balaban J connectivity index is 2.49. The van der Waals surface area contributed by atoms with Gasteiger partial charge in [-0.15, -0.1) is 0 Å². The molecule has 3 N–H and O–H groups in total. The lowest BCUT2D eigenvalue weighted by atomic mass is 10.2. The number of carbonyl (C=O) groups is 1. The smallest absolute Gasteiger partial charge is 0.330 e. The summed E-state index contributed by atoms with van der Waals surface area (Å²) in [5.41, 5.74) is 4.84. The number of anilines is 2. The molecule has 9 heteroatoms. The minimum atomic E-state index is -0.721. The summed E-state index contributed by atoms with van der Waals surface area (Å²) in [7, 11) is 1.41. The second-order valence-corrected chi connectivity index (χ2v) is 5.62. The third-order valence-electron chi connectivity index (χ3n) is 3.56. The molecule has 0 saturated heterocycles. The molecule has 0 fully saturated rings. The van der Waals surface area contributed by atoms with E-state index >= 15 is 0 Å². The van der Waals surface area contributed by atoms with E-state index in [1.165, 1.54) is 29.9 Å². The number of unbranched alkanes of at least 4 members (excludes halogenated alkanes) is 1. The molecule has 0 unspecified atom stereocenters. The minimum absolute atomic E-state index is 0.0480. The standard InChI is InChI=1S/C15H18ClN5O3/c1-3-4-7-21-12(17)11(13(22)19-15(21)24)20(2)14(23)9-5-6-18-10(16)8-9/h5-6,8H,3-4,7,17H2,1-2H3,(H,19,22,24). The number of nitrogen functional groups attached to an aromatic ring is 1. The number of aromatic nitrogens is 3. The van der Waals surface area contributed by atoms with Crippen LogP contribution in [-0.4, -0.2) is 27.5 Å². The molecular formula is C15H18ClN5O3. The van der Waals surface area contributed by atoms with E-state index in [0.717, 1.165) is 11.3 Å². The molecule has 0 bridgehead atoms. The van der Waals surface area contributed by atoms with Crippen LogP contribution in [0.15, 0.2) is 27.9 Å². The maximum atomic E-state index is 12.6. The second kappa shape index (κ2) is 7.31. The number of H-pyrrole nitrogens is 1. The van der Waals surface area contributed by atoms with Gasteiger partial charge in [0.15, 0.2) is 5.69 Å². The normalized spacial score (nSPS) is 10.6. The molecule has 0 radical (unpaired) electrons. The van der Waals surface area contributed by atoms with Crippen LogP contribution in [0.5, 0.6) is 0 Å². The van der Waals surface area contributed by atoms with E-state index in [0.29, 0.717) is 13.0 Å². The molecular weight excluding hydrogens is 334 g/mol. The van der Waals surface area contributed by atoms with E-state index < -0.39 is 17.2 Å². The summed E-state index contributed by atoms with van der Waals surface area (Å²) < 4.78 is 1.25. The van der Waals surface area contributed by atoms with Crippen LogP contribution in [0, 0.1) is 0 Å². The zero-order chi connectivity index (χ0) is 17.9. The summed E-state index contributed by atoms with van der Waals surface area (Å²) in [5.74, 6) is -0.537. The van der Waals surface area contributed by atoms with Gasteiger partial charge in [-0.1, -0.05) is 24.9 Å². The van der Waals surface area contributed by atoms with Crippen LogP contribution < -0.4 is 21.9 Å². The number of nitrogens with two attached hydrogens (primary N) is 1. The number of hydrogen-bond donors (Lipinski definition) is 2. The molecule has 128 valence electrons. The van der Waals surface area contributed by atoms with Crippen LogP contribution in [0.25, 0.3) is 0 Å². The molecule has 0 aliphatic heterocycles. The summed E-state index contributed by atoms with van der Waals surface area (Å²) in [6, 6.07) is 2.86. The Hall–Kier alpha value is -2.61. The van der Waals surface area contributed by atoms with Crippen LogP contribution in [0.4, 0.5) is 11.5 Å². The van der Waals surface area contributed by atoms with Gasteiger partial charge in [-0.05, 0) is 18.6 Å². The van der Waals surface area contributed by atoms with Crippen molar-refractivity contribution in [1.82, 2.24) is 14.5 Å². The molecule has 24 heavy (non-hydrogen) atoms. The Morgan fingerprint density at radius 2 is 2.17 bits per heavy atom. The minimum Gasteiger partial charge on any atom is -0.383 e. The number of pyridine rings is 1. The zero-order valence-corrected chi connectivity index (χ0v) is 14.1. The van der Waals surface area contributed by atoms with Crippen LogP contribution in [0.1, 0.15) is 30.1 Å². The van der Waals surface area contributed by atoms with Gasteiger partial charge >= 0.3 is 5.69 Å². The van der Waals surface area contributed by atoms with Crippen molar-refractivity contribution in [1.29, 1.82) is 0 Å². The van der Waals surface area contributed by atoms with E-state index in [1.807, 2.05) is 6.92 Å². The number of amides is 1. The molecule has 0 atom stereocenters.